The van der Waals surface area contributed by atoms with Crippen molar-refractivity contribution in [3.05, 3.63) is 29.0 Å². The van der Waals surface area contributed by atoms with Crippen LogP contribution in [-0.2, 0) is 6.42 Å². The molecule has 0 unspecified atom stereocenters. The number of nitrogens with zero attached hydrogens (tertiary/aromatic N) is 1. The maximum Gasteiger partial charge on any atom is 0.0621 e. The Balaban J connectivity index is 2.87. The van der Waals surface area contributed by atoms with Crippen LogP contribution in [0.4, 0.5) is 0 Å². The number of alkyl halides is 2. The quantitative estimate of drug-likeness (QED) is 0.653. The highest BCUT2D eigenvalue weighted by atomic mass is 79.9. The molecule has 1 heterocycles. The van der Waals surface area contributed by atoms with E-state index in [2.05, 4.69) is 43.8 Å². The summed E-state index contributed by atoms with van der Waals surface area (Å²) >= 11 is 13.4. The molecule has 4 heteroatoms. The number of rotatable bonds is 6. The summed E-state index contributed by atoms with van der Waals surface area (Å²) in [5.41, 5.74) is 1.43. The van der Waals surface area contributed by atoms with Gasteiger partial charge in [0.2, 0.25) is 0 Å². The summed E-state index contributed by atoms with van der Waals surface area (Å²) in [6.07, 6.45) is 6.87. The molecule has 1 aromatic rings. The van der Waals surface area contributed by atoms with Crippen molar-refractivity contribution in [3.63, 3.8) is 0 Å². The van der Waals surface area contributed by atoms with Crippen molar-refractivity contribution in [3.8, 4) is 0 Å². The van der Waals surface area contributed by atoms with Crippen molar-refractivity contribution in [1.82, 2.24) is 4.98 Å². The number of pyridine rings is 1. The Morgan fingerprint density at radius 1 is 1.38 bits per heavy atom. The number of hydrogen-bond donors (Lipinski definition) is 0. The highest BCUT2D eigenvalue weighted by molar-refractivity contribution is 9.09. The van der Waals surface area contributed by atoms with E-state index in [4.69, 9.17) is 11.6 Å². The molecule has 0 amide bonds. The van der Waals surface area contributed by atoms with Crippen LogP contribution in [0.15, 0.2) is 18.5 Å². The zero-order valence-electron chi connectivity index (χ0n) is 9.35. The van der Waals surface area contributed by atoms with Gasteiger partial charge < -0.3 is 0 Å². The topological polar surface area (TPSA) is 12.9 Å². The van der Waals surface area contributed by atoms with Crippen molar-refractivity contribution >= 4 is 43.5 Å². The van der Waals surface area contributed by atoms with E-state index in [9.17, 15) is 0 Å². The molecule has 0 saturated heterocycles. The molecule has 0 aromatic carbocycles. The van der Waals surface area contributed by atoms with Crippen LogP contribution in [0, 0.1) is 5.41 Å². The fraction of sp³-hybridized carbons (Fsp3) is 0.583. The standard InChI is InChI=1S/C12H16Br2ClN/c1-2-4-12(8-13,9-14)6-10-3-5-16-7-11(10)15/h3,5,7H,2,4,6,8-9H2,1H3. The van der Waals surface area contributed by atoms with Crippen molar-refractivity contribution in [2.24, 2.45) is 5.41 Å². The Bertz CT molecular complexity index is 327. The van der Waals surface area contributed by atoms with Crippen LogP contribution in [0.3, 0.4) is 0 Å². The van der Waals surface area contributed by atoms with Crippen LogP contribution in [0.5, 0.6) is 0 Å². The SMILES string of the molecule is CCCC(CBr)(CBr)Cc1ccncc1Cl. The summed E-state index contributed by atoms with van der Waals surface area (Å²) in [5, 5.41) is 2.74. The van der Waals surface area contributed by atoms with E-state index in [1.54, 1.807) is 12.4 Å². The van der Waals surface area contributed by atoms with E-state index in [-0.39, 0.29) is 5.41 Å². The van der Waals surface area contributed by atoms with E-state index < -0.39 is 0 Å². The lowest BCUT2D eigenvalue weighted by atomic mass is 9.82. The van der Waals surface area contributed by atoms with E-state index >= 15 is 0 Å². The molecule has 0 bridgehead atoms. The third-order valence-corrected chi connectivity index (χ3v) is 5.49. The second kappa shape index (κ2) is 6.97. The molecule has 0 N–H and O–H groups in total. The van der Waals surface area contributed by atoms with Crippen LogP contribution in [-0.4, -0.2) is 15.6 Å². The molecule has 0 aliphatic heterocycles. The summed E-state index contributed by atoms with van der Waals surface area (Å²) in [6, 6.07) is 2.01. The molecule has 16 heavy (non-hydrogen) atoms. The Hall–Kier alpha value is 0.400. The van der Waals surface area contributed by atoms with Crippen molar-refractivity contribution < 1.29 is 0 Å². The summed E-state index contributed by atoms with van der Waals surface area (Å²) in [5.74, 6) is 0. The zero-order valence-corrected chi connectivity index (χ0v) is 13.3. The van der Waals surface area contributed by atoms with Gasteiger partial charge in [-0.15, -0.1) is 0 Å². The molecule has 0 spiro atoms. The molecule has 90 valence electrons. The fourth-order valence-corrected chi connectivity index (χ4v) is 3.91. The number of hydrogen-bond acceptors (Lipinski definition) is 1. The zero-order chi connectivity index (χ0) is 12.0. The molecular weight excluding hydrogens is 353 g/mol. The van der Waals surface area contributed by atoms with Gasteiger partial charge in [-0.3, -0.25) is 4.98 Å². The normalized spacial score (nSPS) is 11.8. The second-order valence-electron chi connectivity index (χ2n) is 4.16. The van der Waals surface area contributed by atoms with Crippen LogP contribution in [0.25, 0.3) is 0 Å². The van der Waals surface area contributed by atoms with Gasteiger partial charge in [0.25, 0.3) is 0 Å². The first kappa shape index (κ1) is 14.5. The lowest BCUT2D eigenvalue weighted by molar-refractivity contribution is 0.352. The van der Waals surface area contributed by atoms with Gasteiger partial charge in [0.05, 0.1) is 5.02 Å². The van der Waals surface area contributed by atoms with Crippen LogP contribution >= 0.6 is 43.5 Å². The molecule has 1 nitrogen and oxygen atoms in total. The molecule has 0 aliphatic carbocycles. The maximum atomic E-state index is 6.15. The first-order chi connectivity index (χ1) is 7.67. The van der Waals surface area contributed by atoms with Gasteiger partial charge in [-0.05, 0) is 29.9 Å². The van der Waals surface area contributed by atoms with Gasteiger partial charge in [0.1, 0.15) is 0 Å². The lowest BCUT2D eigenvalue weighted by Gasteiger charge is -2.30. The highest BCUT2D eigenvalue weighted by Gasteiger charge is 2.27. The Morgan fingerprint density at radius 2 is 2.06 bits per heavy atom. The van der Waals surface area contributed by atoms with Gasteiger partial charge in [0.15, 0.2) is 0 Å². The highest BCUT2D eigenvalue weighted by Crippen LogP contribution is 2.34. The summed E-state index contributed by atoms with van der Waals surface area (Å²) < 4.78 is 0. The molecule has 0 radical (unpaired) electrons. The Labute approximate surface area is 119 Å². The molecule has 1 rings (SSSR count). The first-order valence-electron chi connectivity index (χ1n) is 5.38. The minimum absolute atomic E-state index is 0.250. The van der Waals surface area contributed by atoms with E-state index in [0.717, 1.165) is 22.1 Å². The number of aromatic nitrogens is 1. The first-order valence-corrected chi connectivity index (χ1v) is 8.00. The second-order valence-corrected chi connectivity index (χ2v) is 5.69. The maximum absolute atomic E-state index is 6.15. The molecule has 0 atom stereocenters. The van der Waals surface area contributed by atoms with E-state index in [1.165, 1.54) is 18.4 Å². The van der Waals surface area contributed by atoms with Crippen molar-refractivity contribution in [1.29, 1.82) is 0 Å². The predicted molar refractivity (Wildman–Crippen MR) is 77.9 cm³/mol. The summed E-state index contributed by atoms with van der Waals surface area (Å²) in [7, 11) is 0. The van der Waals surface area contributed by atoms with Crippen molar-refractivity contribution in [2.75, 3.05) is 10.7 Å². The van der Waals surface area contributed by atoms with E-state index in [0.29, 0.717) is 0 Å². The minimum Gasteiger partial charge on any atom is -0.263 e. The Kier molecular flexibility index (Phi) is 6.30. The van der Waals surface area contributed by atoms with Gasteiger partial charge in [-0.1, -0.05) is 56.8 Å². The summed E-state index contributed by atoms with van der Waals surface area (Å²) in [6.45, 7) is 2.22. The van der Waals surface area contributed by atoms with Crippen molar-refractivity contribution in [2.45, 2.75) is 26.2 Å². The predicted octanol–water partition coefficient (Wildman–Crippen LogP) is 4.85. The molecule has 1 aromatic heterocycles. The molecule has 0 saturated carbocycles. The van der Waals surface area contributed by atoms with E-state index in [1.807, 2.05) is 6.07 Å². The minimum atomic E-state index is 0.250. The van der Waals surface area contributed by atoms with Gasteiger partial charge in [0, 0.05) is 23.1 Å². The average molecular weight is 370 g/mol. The molecular formula is C12H16Br2ClN. The average Bonchev–Trinajstić information content (AvgIpc) is 2.31. The van der Waals surface area contributed by atoms with Crippen LogP contribution in [0.1, 0.15) is 25.3 Å². The monoisotopic (exact) mass is 367 g/mol. The lowest BCUT2D eigenvalue weighted by Crippen LogP contribution is -2.27. The third kappa shape index (κ3) is 3.71. The smallest absolute Gasteiger partial charge is 0.0621 e. The summed E-state index contributed by atoms with van der Waals surface area (Å²) in [4.78, 5) is 4.02. The molecule has 0 fully saturated rings. The van der Waals surface area contributed by atoms with Crippen LogP contribution in [0.2, 0.25) is 5.02 Å². The number of halogens is 3. The largest absolute Gasteiger partial charge is 0.263 e. The Morgan fingerprint density at radius 3 is 2.56 bits per heavy atom. The fourth-order valence-electron chi connectivity index (χ4n) is 1.83. The molecule has 0 aliphatic rings. The van der Waals surface area contributed by atoms with Gasteiger partial charge in [-0.2, -0.15) is 0 Å². The third-order valence-electron chi connectivity index (χ3n) is 2.77. The van der Waals surface area contributed by atoms with Gasteiger partial charge in [-0.25, -0.2) is 0 Å². The van der Waals surface area contributed by atoms with Crippen LogP contribution < -0.4 is 0 Å². The van der Waals surface area contributed by atoms with Gasteiger partial charge >= 0.3 is 0 Å².